The van der Waals surface area contributed by atoms with Crippen LogP contribution in [0.3, 0.4) is 0 Å². The quantitative estimate of drug-likeness (QED) is 0.511. The van der Waals surface area contributed by atoms with Crippen LogP contribution >= 0.6 is 12.4 Å². The van der Waals surface area contributed by atoms with Crippen molar-refractivity contribution in [2.75, 3.05) is 31.1 Å². The van der Waals surface area contributed by atoms with Gasteiger partial charge in [0.2, 0.25) is 0 Å². The molecule has 3 atom stereocenters. The van der Waals surface area contributed by atoms with Crippen LogP contribution in [-0.2, 0) is 0 Å². The molecular weight excluding hydrogens is 360 g/mol. The number of hydrogen-bond acceptors (Lipinski definition) is 7. The van der Waals surface area contributed by atoms with Gasteiger partial charge in [-0.25, -0.2) is 0 Å². The van der Waals surface area contributed by atoms with Crippen LogP contribution in [0.5, 0.6) is 0 Å². The number of nitrogens with zero attached hydrogens (tertiary/aromatic N) is 2. The average molecular weight is 383 g/mol. The van der Waals surface area contributed by atoms with Crippen molar-refractivity contribution in [3.8, 4) is 0 Å². The van der Waals surface area contributed by atoms with Gasteiger partial charge in [-0.2, -0.15) is 0 Å². The number of imide groups is 1. The Labute approximate surface area is 157 Å². The van der Waals surface area contributed by atoms with Gasteiger partial charge in [0.25, 0.3) is 11.8 Å². The number of halogens is 1. The molecule has 3 heterocycles. The summed E-state index contributed by atoms with van der Waals surface area (Å²) in [5, 5.41) is 25.6. The Hall–Kier alpha value is -1.71. The summed E-state index contributed by atoms with van der Waals surface area (Å²) in [5.41, 5.74) is 1.70. The van der Waals surface area contributed by atoms with E-state index in [9.17, 15) is 19.8 Å². The fraction of sp³-hybridized carbons (Fsp3) is 0.529. The Morgan fingerprint density at radius 3 is 2.38 bits per heavy atom. The molecule has 26 heavy (non-hydrogen) atoms. The summed E-state index contributed by atoms with van der Waals surface area (Å²) < 4.78 is 0. The SMILES string of the molecule is Cl.O=C1c2ccc(N3CCNCC3)cc2C(=O)N1C1CCC(O)NC1O. The summed E-state index contributed by atoms with van der Waals surface area (Å²) in [6.45, 7) is 3.48. The third-order valence-corrected chi connectivity index (χ3v) is 5.18. The maximum atomic E-state index is 12.8. The number of carbonyl (C=O) groups excluding carboxylic acids is 2. The van der Waals surface area contributed by atoms with Crippen molar-refractivity contribution >= 4 is 29.9 Å². The number of piperazine rings is 1. The second-order valence-electron chi connectivity index (χ2n) is 6.72. The zero-order valence-corrected chi connectivity index (χ0v) is 15.0. The maximum absolute atomic E-state index is 12.8. The van der Waals surface area contributed by atoms with E-state index in [1.807, 2.05) is 6.07 Å². The Bertz CT molecular complexity index is 710. The van der Waals surface area contributed by atoms with E-state index in [1.54, 1.807) is 12.1 Å². The fourth-order valence-corrected chi connectivity index (χ4v) is 3.82. The zero-order chi connectivity index (χ0) is 17.6. The average Bonchev–Trinajstić information content (AvgIpc) is 2.87. The molecule has 1 aromatic rings. The van der Waals surface area contributed by atoms with Gasteiger partial charge >= 0.3 is 0 Å². The van der Waals surface area contributed by atoms with Gasteiger partial charge in [0, 0.05) is 31.9 Å². The summed E-state index contributed by atoms with van der Waals surface area (Å²) in [6, 6.07) is 4.68. The smallest absolute Gasteiger partial charge is 0.262 e. The molecule has 2 amide bonds. The molecule has 142 valence electrons. The zero-order valence-electron chi connectivity index (χ0n) is 14.2. The predicted octanol–water partition coefficient (Wildman–Crippen LogP) is -0.497. The lowest BCUT2D eigenvalue weighted by atomic mass is 10.0. The monoisotopic (exact) mass is 382 g/mol. The summed E-state index contributed by atoms with van der Waals surface area (Å²) >= 11 is 0. The predicted molar refractivity (Wildman–Crippen MR) is 97.4 cm³/mol. The number of rotatable bonds is 2. The van der Waals surface area contributed by atoms with Crippen LogP contribution in [0.15, 0.2) is 18.2 Å². The Kier molecular flexibility index (Phi) is 5.50. The summed E-state index contributed by atoms with van der Waals surface area (Å²) in [5.74, 6) is -0.756. The van der Waals surface area contributed by atoms with E-state index in [1.165, 1.54) is 0 Å². The maximum Gasteiger partial charge on any atom is 0.262 e. The molecular formula is C17H23ClN4O4. The van der Waals surface area contributed by atoms with Crippen molar-refractivity contribution < 1.29 is 19.8 Å². The number of carbonyl (C=O) groups is 2. The second-order valence-corrected chi connectivity index (χ2v) is 6.72. The molecule has 4 rings (SSSR count). The Morgan fingerprint density at radius 2 is 1.69 bits per heavy atom. The fourth-order valence-electron chi connectivity index (χ4n) is 3.82. The minimum absolute atomic E-state index is 0. The molecule has 3 aliphatic heterocycles. The number of aliphatic hydroxyl groups excluding tert-OH is 2. The van der Waals surface area contributed by atoms with E-state index in [-0.39, 0.29) is 24.2 Å². The van der Waals surface area contributed by atoms with E-state index in [4.69, 9.17) is 0 Å². The molecule has 0 bridgehead atoms. The molecule has 8 nitrogen and oxygen atoms in total. The number of amides is 2. The van der Waals surface area contributed by atoms with E-state index >= 15 is 0 Å². The molecule has 0 aliphatic carbocycles. The molecule has 2 saturated heterocycles. The molecule has 9 heteroatoms. The lowest BCUT2D eigenvalue weighted by Gasteiger charge is -2.36. The number of hydrogen-bond donors (Lipinski definition) is 4. The van der Waals surface area contributed by atoms with Gasteiger partial charge in [-0.1, -0.05) is 0 Å². The van der Waals surface area contributed by atoms with E-state index in [0.29, 0.717) is 24.0 Å². The molecule has 1 aromatic carbocycles. The van der Waals surface area contributed by atoms with E-state index < -0.39 is 18.5 Å². The molecule has 0 aromatic heterocycles. The first-order valence-corrected chi connectivity index (χ1v) is 8.66. The molecule has 3 unspecified atom stereocenters. The Morgan fingerprint density at radius 1 is 1.00 bits per heavy atom. The number of aliphatic hydroxyl groups is 2. The largest absolute Gasteiger partial charge is 0.379 e. The lowest BCUT2D eigenvalue weighted by Crippen LogP contribution is -2.58. The third kappa shape index (κ3) is 3.19. The molecule has 2 fully saturated rings. The molecule has 4 N–H and O–H groups in total. The highest BCUT2D eigenvalue weighted by Crippen LogP contribution is 2.31. The van der Waals surface area contributed by atoms with Crippen molar-refractivity contribution in [1.82, 2.24) is 15.5 Å². The number of piperidine rings is 1. The van der Waals surface area contributed by atoms with Gasteiger partial charge in [0.1, 0.15) is 12.5 Å². The van der Waals surface area contributed by atoms with Gasteiger partial charge in [0.15, 0.2) is 0 Å². The first-order chi connectivity index (χ1) is 12.1. The second kappa shape index (κ2) is 7.50. The van der Waals surface area contributed by atoms with Gasteiger partial charge in [-0.05, 0) is 31.0 Å². The minimum atomic E-state index is -1.13. The Balaban J connectivity index is 0.00000196. The van der Waals surface area contributed by atoms with Crippen LogP contribution in [0.2, 0.25) is 0 Å². The van der Waals surface area contributed by atoms with E-state index in [0.717, 1.165) is 36.8 Å². The highest BCUT2D eigenvalue weighted by atomic mass is 35.5. The van der Waals surface area contributed by atoms with Crippen molar-refractivity contribution in [2.45, 2.75) is 31.3 Å². The molecule has 0 radical (unpaired) electrons. The van der Waals surface area contributed by atoms with Crippen LogP contribution in [-0.4, -0.2) is 71.6 Å². The topological polar surface area (TPSA) is 105 Å². The highest BCUT2D eigenvalue weighted by Gasteiger charge is 2.44. The first-order valence-electron chi connectivity index (χ1n) is 8.66. The van der Waals surface area contributed by atoms with Crippen LogP contribution < -0.4 is 15.5 Å². The first kappa shape index (κ1) is 19.1. The van der Waals surface area contributed by atoms with Crippen molar-refractivity contribution in [3.63, 3.8) is 0 Å². The summed E-state index contributed by atoms with van der Waals surface area (Å²) in [6.07, 6.45) is -1.20. The number of benzene rings is 1. The van der Waals surface area contributed by atoms with E-state index in [2.05, 4.69) is 15.5 Å². The van der Waals surface area contributed by atoms with Crippen molar-refractivity contribution in [3.05, 3.63) is 29.3 Å². The molecule has 3 aliphatic rings. The summed E-state index contributed by atoms with van der Waals surface area (Å²) in [4.78, 5) is 28.9. The van der Waals surface area contributed by atoms with Gasteiger partial charge in [-0.15, -0.1) is 12.4 Å². The van der Waals surface area contributed by atoms with Crippen molar-refractivity contribution in [2.24, 2.45) is 0 Å². The van der Waals surface area contributed by atoms with Gasteiger partial charge in [0.05, 0.1) is 17.2 Å². The van der Waals surface area contributed by atoms with Crippen LogP contribution in [0, 0.1) is 0 Å². The minimum Gasteiger partial charge on any atom is -0.379 e. The lowest BCUT2D eigenvalue weighted by molar-refractivity contribution is -0.0413. The van der Waals surface area contributed by atoms with Crippen LogP contribution in [0.1, 0.15) is 33.6 Å². The van der Waals surface area contributed by atoms with Crippen LogP contribution in [0.4, 0.5) is 5.69 Å². The van der Waals surface area contributed by atoms with Crippen molar-refractivity contribution in [1.29, 1.82) is 0 Å². The van der Waals surface area contributed by atoms with Gasteiger partial charge in [-0.3, -0.25) is 19.8 Å². The molecule has 0 saturated carbocycles. The number of anilines is 1. The third-order valence-electron chi connectivity index (χ3n) is 5.18. The van der Waals surface area contributed by atoms with Crippen LogP contribution in [0.25, 0.3) is 0 Å². The van der Waals surface area contributed by atoms with Gasteiger partial charge < -0.3 is 20.4 Å². The number of nitrogens with one attached hydrogen (secondary N) is 2. The normalized spacial score (nSPS) is 28.8. The molecule has 0 spiro atoms. The number of fused-ring (bicyclic) bond motifs is 1. The summed E-state index contributed by atoms with van der Waals surface area (Å²) in [7, 11) is 0. The standard InChI is InChI=1S/C17H22N4O4.ClH/c22-14-4-3-13(15(23)19-14)21-16(24)11-2-1-10(9-12(11)17(21)25)20-7-5-18-6-8-20;/h1-2,9,13-15,18-19,22-23H,3-8H2;1H. The highest BCUT2D eigenvalue weighted by molar-refractivity contribution is 6.22.